The first-order chi connectivity index (χ1) is 9.19. The van der Waals surface area contributed by atoms with Crippen molar-refractivity contribution >= 4 is 11.3 Å². The highest BCUT2D eigenvalue weighted by Crippen LogP contribution is 2.33. The van der Waals surface area contributed by atoms with Crippen molar-refractivity contribution < 1.29 is 0 Å². The fraction of sp³-hybridized carbons (Fsp3) is 0.412. The lowest BCUT2D eigenvalue weighted by Crippen LogP contribution is -2.17. The molecule has 1 nitrogen and oxygen atoms in total. The van der Waals surface area contributed by atoms with Crippen LogP contribution in [-0.4, -0.2) is 7.05 Å². The molecule has 3 rings (SSSR count). The van der Waals surface area contributed by atoms with E-state index in [0.29, 0.717) is 6.04 Å². The molecule has 2 heteroatoms. The number of aryl methyl sites for hydroxylation is 4. The maximum atomic E-state index is 3.49. The molecule has 0 amide bonds. The Labute approximate surface area is 119 Å². The minimum Gasteiger partial charge on any atom is -0.309 e. The Morgan fingerprint density at radius 2 is 1.89 bits per heavy atom. The van der Waals surface area contributed by atoms with Crippen molar-refractivity contribution in [3.63, 3.8) is 0 Å². The first kappa shape index (κ1) is 12.9. The smallest absolute Gasteiger partial charge is 0.0671 e. The minimum atomic E-state index is 0.338. The summed E-state index contributed by atoms with van der Waals surface area (Å²) in [5, 5.41) is 3.49. The molecule has 1 N–H and O–H groups in total. The van der Waals surface area contributed by atoms with E-state index in [0.717, 1.165) is 0 Å². The van der Waals surface area contributed by atoms with Crippen molar-refractivity contribution in [3.8, 4) is 0 Å². The van der Waals surface area contributed by atoms with Crippen molar-refractivity contribution in [1.29, 1.82) is 0 Å². The van der Waals surface area contributed by atoms with Crippen LogP contribution in [0.25, 0.3) is 0 Å². The van der Waals surface area contributed by atoms with Gasteiger partial charge in [-0.15, -0.1) is 11.3 Å². The van der Waals surface area contributed by atoms with E-state index in [1.807, 2.05) is 11.3 Å². The van der Waals surface area contributed by atoms with E-state index >= 15 is 0 Å². The average Bonchev–Trinajstić information content (AvgIpc) is 2.97. The molecule has 100 valence electrons. The summed E-state index contributed by atoms with van der Waals surface area (Å²) in [4.78, 5) is 2.85. The molecule has 0 radical (unpaired) electrons. The standard InChI is InChI=1S/C17H21NS/c1-11-9-12(2)19-17(11)16(18-3)15-8-7-13-5-4-6-14(13)10-15/h7-10,16,18H,4-6H2,1-3H3. The summed E-state index contributed by atoms with van der Waals surface area (Å²) >= 11 is 1.91. The molecule has 0 bridgehead atoms. The third-order valence-electron chi connectivity index (χ3n) is 4.09. The molecule has 1 atom stereocenters. The Hall–Kier alpha value is -1.12. The Bertz CT molecular complexity index is 597. The maximum Gasteiger partial charge on any atom is 0.0671 e. The summed E-state index contributed by atoms with van der Waals surface area (Å²) in [6.45, 7) is 4.41. The summed E-state index contributed by atoms with van der Waals surface area (Å²) in [6.07, 6.45) is 3.83. The second-order valence-electron chi connectivity index (χ2n) is 5.51. The monoisotopic (exact) mass is 271 g/mol. The molecule has 0 saturated heterocycles. The van der Waals surface area contributed by atoms with Gasteiger partial charge in [0.2, 0.25) is 0 Å². The quantitative estimate of drug-likeness (QED) is 0.884. The van der Waals surface area contributed by atoms with Gasteiger partial charge in [0.25, 0.3) is 0 Å². The van der Waals surface area contributed by atoms with Crippen molar-refractivity contribution in [2.24, 2.45) is 0 Å². The topological polar surface area (TPSA) is 12.0 Å². The van der Waals surface area contributed by atoms with Gasteiger partial charge in [-0.25, -0.2) is 0 Å². The molecule has 2 aromatic rings. The molecule has 19 heavy (non-hydrogen) atoms. The van der Waals surface area contributed by atoms with Gasteiger partial charge < -0.3 is 5.32 Å². The molecule has 0 saturated carbocycles. The molecule has 1 aliphatic carbocycles. The van der Waals surface area contributed by atoms with Crippen LogP contribution in [0.4, 0.5) is 0 Å². The lowest BCUT2D eigenvalue weighted by molar-refractivity contribution is 0.699. The van der Waals surface area contributed by atoms with Crippen molar-refractivity contribution in [3.05, 3.63) is 56.3 Å². The molecule has 1 heterocycles. The number of hydrogen-bond donors (Lipinski definition) is 1. The summed E-state index contributed by atoms with van der Waals surface area (Å²) in [5.41, 5.74) is 5.93. The normalized spacial score (nSPS) is 15.5. The molecular formula is C17H21NS. The van der Waals surface area contributed by atoms with E-state index in [-0.39, 0.29) is 0 Å². The van der Waals surface area contributed by atoms with Crippen molar-refractivity contribution in [1.82, 2.24) is 5.32 Å². The van der Waals surface area contributed by atoms with Gasteiger partial charge in [-0.1, -0.05) is 18.2 Å². The summed E-state index contributed by atoms with van der Waals surface area (Å²) in [5.74, 6) is 0. The van der Waals surface area contributed by atoms with Crippen LogP contribution in [0.5, 0.6) is 0 Å². The predicted molar refractivity (Wildman–Crippen MR) is 83.2 cm³/mol. The minimum absolute atomic E-state index is 0.338. The van der Waals surface area contributed by atoms with Gasteiger partial charge in [-0.05, 0) is 68.5 Å². The number of nitrogens with one attached hydrogen (secondary N) is 1. The van der Waals surface area contributed by atoms with Gasteiger partial charge >= 0.3 is 0 Å². The average molecular weight is 271 g/mol. The summed E-state index contributed by atoms with van der Waals surface area (Å²) in [6, 6.07) is 9.68. The molecular weight excluding hydrogens is 250 g/mol. The van der Waals surface area contributed by atoms with Crippen molar-refractivity contribution in [2.75, 3.05) is 7.05 Å². The lowest BCUT2D eigenvalue weighted by Gasteiger charge is -2.17. The van der Waals surface area contributed by atoms with Crippen molar-refractivity contribution in [2.45, 2.75) is 39.2 Å². The second-order valence-corrected chi connectivity index (χ2v) is 6.80. The van der Waals surface area contributed by atoms with Gasteiger partial charge in [0.1, 0.15) is 0 Å². The Morgan fingerprint density at radius 3 is 2.58 bits per heavy atom. The molecule has 1 aliphatic rings. The zero-order valence-electron chi connectivity index (χ0n) is 11.9. The highest BCUT2D eigenvalue weighted by molar-refractivity contribution is 7.12. The fourth-order valence-electron chi connectivity index (χ4n) is 3.17. The van der Waals surface area contributed by atoms with Crippen LogP contribution in [-0.2, 0) is 12.8 Å². The first-order valence-electron chi connectivity index (χ1n) is 7.05. The van der Waals surface area contributed by atoms with Crippen LogP contribution in [0.15, 0.2) is 24.3 Å². The Balaban J connectivity index is 2.00. The lowest BCUT2D eigenvalue weighted by atomic mass is 9.99. The van der Waals surface area contributed by atoms with Crippen LogP contribution in [0, 0.1) is 13.8 Å². The van der Waals surface area contributed by atoms with Crippen LogP contribution in [0.2, 0.25) is 0 Å². The highest BCUT2D eigenvalue weighted by Gasteiger charge is 2.19. The molecule has 1 aromatic carbocycles. The summed E-state index contributed by atoms with van der Waals surface area (Å²) < 4.78 is 0. The zero-order valence-corrected chi connectivity index (χ0v) is 12.7. The van der Waals surface area contributed by atoms with E-state index in [1.165, 1.54) is 40.1 Å². The largest absolute Gasteiger partial charge is 0.309 e. The fourth-order valence-corrected chi connectivity index (χ4v) is 4.34. The molecule has 0 fully saturated rings. The zero-order chi connectivity index (χ0) is 13.4. The van der Waals surface area contributed by atoms with Gasteiger partial charge in [0, 0.05) is 9.75 Å². The molecule has 1 unspecified atom stereocenters. The Kier molecular flexibility index (Phi) is 3.46. The molecule has 1 aromatic heterocycles. The van der Waals surface area contributed by atoms with Gasteiger partial charge in [0.15, 0.2) is 0 Å². The highest BCUT2D eigenvalue weighted by atomic mass is 32.1. The number of hydrogen-bond acceptors (Lipinski definition) is 2. The third-order valence-corrected chi connectivity index (χ3v) is 5.30. The number of fused-ring (bicyclic) bond motifs is 1. The molecule has 0 aliphatic heterocycles. The van der Waals surface area contributed by atoms with E-state index in [2.05, 4.69) is 50.5 Å². The van der Waals surface area contributed by atoms with Crippen LogP contribution < -0.4 is 5.32 Å². The van der Waals surface area contributed by atoms with E-state index in [9.17, 15) is 0 Å². The van der Waals surface area contributed by atoms with Crippen LogP contribution >= 0.6 is 11.3 Å². The van der Waals surface area contributed by atoms with E-state index in [1.54, 1.807) is 11.1 Å². The Morgan fingerprint density at radius 1 is 1.11 bits per heavy atom. The van der Waals surface area contributed by atoms with Gasteiger partial charge in [0.05, 0.1) is 6.04 Å². The summed E-state index contributed by atoms with van der Waals surface area (Å²) in [7, 11) is 2.06. The van der Waals surface area contributed by atoms with E-state index in [4.69, 9.17) is 0 Å². The van der Waals surface area contributed by atoms with Gasteiger partial charge in [-0.2, -0.15) is 0 Å². The first-order valence-corrected chi connectivity index (χ1v) is 7.86. The SMILES string of the molecule is CNC(c1ccc2c(c1)CCC2)c1sc(C)cc1C. The third kappa shape index (κ3) is 2.35. The number of rotatable bonds is 3. The van der Waals surface area contributed by atoms with Gasteiger partial charge in [-0.3, -0.25) is 0 Å². The predicted octanol–water partition coefficient (Wildman–Crippen LogP) is 4.16. The second kappa shape index (κ2) is 5.10. The maximum absolute atomic E-state index is 3.49. The van der Waals surface area contributed by atoms with Crippen LogP contribution in [0.3, 0.4) is 0 Å². The number of benzene rings is 1. The molecule has 0 spiro atoms. The van der Waals surface area contributed by atoms with E-state index < -0.39 is 0 Å². The number of thiophene rings is 1. The van der Waals surface area contributed by atoms with Crippen LogP contribution in [0.1, 0.15) is 44.5 Å².